The van der Waals surface area contributed by atoms with Crippen LogP contribution in [0.25, 0.3) is 38.7 Å². The van der Waals surface area contributed by atoms with Gasteiger partial charge in [-0.05, 0) is 62.7 Å². The summed E-state index contributed by atoms with van der Waals surface area (Å²) in [7, 11) is 0. The van der Waals surface area contributed by atoms with E-state index in [1.165, 1.54) is 43.8 Å². The van der Waals surface area contributed by atoms with E-state index in [-0.39, 0.29) is 0 Å². The molecule has 0 unspecified atom stereocenters. The largest absolute Gasteiger partial charge is 0.0836 e. The summed E-state index contributed by atoms with van der Waals surface area (Å²) in [6.07, 6.45) is 6.91. The molecule has 0 atom stereocenters. The van der Waals surface area contributed by atoms with E-state index in [0.717, 1.165) is 12.8 Å². The third-order valence-electron chi connectivity index (χ3n) is 5.13. The van der Waals surface area contributed by atoms with Crippen LogP contribution in [-0.4, -0.2) is 0 Å². The van der Waals surface area contributed by atoms with Crippen LogP contribution in [-0.2, 0) is 6.42 Å². The van der Waals surface area contributed by atoms with Crippen molar-refractivity contribution in [2.45, 2.75) is 12.8 Å². The van der Waals surface area contributed by atoms with Crippen LogP contribution in [0.3, 0.4) is 0 Å². The van der Waals surface area contributed by atoms with Gasteiger partial charge in [-0.15, -0.1) is 0 Å². The third kappa shape index (κ3) is 2.00. The molecule has 0 N–H and O–H groups in total. The monoisotopic (exact) mass is 306 g/mol. The average molecular weight is 306 g/mol. The molecule has 0 saturated carbocycles. The molecular formula is C24H18. The Kier molecular flexibility index (Phi) is 3.02. The topological polar surface area (TPSA) is 0 Å². The molecule has 0 heterocycles. The van der Waals surface area contributed by atoms with Crippen LogP contribution in [0.4, 0.5) is 0 Å². The fourth-order valence-corrected chi connectivity index (χ4v) is 3.99. The Labute approximate surface area is 142 Å². The summed E-state index contributed by atoms with van der Waals surface area (Å²) in [5, 5.41) is 5.52. The van der Waals surface area contributed by atoms with Crippen molar-refractivity contribution in [3.05, 3.63) is 90.0 Å². The molecule has 114 valence electrons. The molecule has 0 fully saturated rings. The summed E-state index contributed by atoms with van der Waals surface area (Å²) in [5.74, 6) is 0. The van der Waals surface area contributed by atoms with Crippen molar-refractivity contribution in [3.8, 4) is 11.1 Å². The van der Waals surface area contributed by atoms with E-state index in [1.807, 2.05) is 0 Å². The molecule has 1 aliphatic carbocycles. The molecule has 0 bridgehead atoms. The van der Waals surface area contributed by atoms with Crippen LogP contribution in [0, 0.1) is 0 Å². The van der Waals surface area contributed by atoms with Crippen molar-refractivity contribution >= 4 is 27.6 Å². The standard InChI is InChI=1S/C24H18/c1-2-8-17(9-3-1)18-14-15-23-21-12-5-4-10-19(21)20-11-6-7-13-22(20)24(23)16-18/h1-3,5-9,11-16H,4,10H2. The first-order valence-electron chi connectivity index (χ1n) is 8.61. The minimum Gasteiger partial charge on any atom is -0.0836 e. The molecule has 0 saturated heterocycles. The van der Waals surface area contributed by atoms with Crippen molar-refractivity contribution in [2.75, 3.05) is 0 Å². The molecule has 4 aromatic carbocycles. The highest BCUT2D eigenvalue weighted by molar-refractivity contribution is 6.14. The second-order valence-electron chi connectivity index (χ2n) is 6.51. The van der Waals surface area contributed by atoms with Gasteiger partial charge in [0, 0.05) is 0 Å². The van der Waals surface area contributed by atoms with Crippen molar-refractivity contribution in [3.63, 3.8) is 0 Å². The maximum absolute atomic E-state index is 2.36. The smallest absolute Gasteiger partial charge is 0.00930 e. The summed E-state index contributed by atoms with van der Waals surface area (Å²) < 4.78 is 0. The minimum atomic E-state index is 1.14. The van der Waals surface area contributed by atoms with Crippen molar-refractivity contribution in [1.29, 1.82) is 0 Å². The normalized spacial score (nSPS) is 13.3. The minimum absolute atomic E-state index is 1.14. The van der Waals surface area contributed by atoms with Gasteiger partial charge in [0.2, 0.25) is 0 Å². The first kappa shape index (κ1) is 13.6. The van der Waals surface area contributed by atoms with E-state index in [0.29, 0.717) is 0 Å². The van der Waals surface area contributed by atoms with Crippen molar-refractivity contribution in [1.82, 2.24) is 0 Å². The molecule has 0 spiro atoms. The number of allylic oxidation sites excluding steroid dienone is 1. The lowest BCUT2D eigenvalue weighted by Gasteiger charge is -2.18. The molecule has 24 heavy (non-hydrogen) atoms. The van der Waals surface area contributed by atoms with E-state index < -0.39 is 0 Å². The Bertz CT molecular complexity index is 1090. The molecule has 0 aliphatic heterocycles. The van der Waals surface area contributed by atoms with Gasteiger partial charge in [0.25, 0.3) is 0 Å². The van der Waals surface area contributed by atoms with E-state index in [1.54, 1.807) is 0 Å². The molecular weight excluding hydrogens is 288 g/mol. The molecule has 0 heteroatoms. The van der Waals surface area contributed by atoms with Gasteiger partial charge in [-0.25, -0.2) is 0 Å². The first-order valence-corrected chi connectivity index (χ1v) is 8.61. The Morgan fingerprint density at radius 3 is 2.25 bits per heavy atom. The lowest BCUT2D eigenvalue weighted by molar-refractivity contribution is 1.00. The van der Waals surface area contributed by atoms with Crippen LogP contribution >= 0.6 is 0 Å². The Balaban J connectivity index is 1.90. The zero-order valence-corrected chi connectivity index (χ0v) is 13.5. The molecule has 0 nitrogen and oxygen atoms in total. The molecule has 0 radical (unpaired) electrons. The molecule has 4 aromatic rings. The molecule has 1 aliphatic rings. The van der Waals surface area contributed by atoms with Crippen molar-refractivity contribution < 1.29 is 0 Å². The average Bonchev–Trinajstić information content (AvgIpc) is 2.68. The Morgan fingerprint density at radius 1 is 0.583 bits per heavy atom. The summed E-state index contributed by atoms with van der Waals surface area (Å²) in [6, 6.07) is 26.4. The van der Waals surface area contributed by atoms with E-state index >= 15 is 0 Å². The maximum atomic E-state index is 2.36. The molecule has 0 aromatic heterocycles. The maximum Gasteiger partial charge on any atom is -0.00930 e. The second-order valence-corrected chi connectivity index (χ2v) is 6.51. The van der Waals surface area contributed by atoms with Crippen LogP contribution < -0.4 is 0 Å². The quantitative estimate of drug-likeness (QED) is 0.347. The Hall–Kier alpha value is -2.86. The number of benzene rings is 4. The van der Waals surface area contributed by atoms with Crippen LogP contribution in [0.2, 0.25) is 0 Å². The van der Waals surface area contributed by atoms with Gasteiger partial charge in [-0.2, -0.15) is 0 Å². The van der Waals surface area contributed by atoms with Gasteiger partial charge in [-0.1, -0.05) is 78.9 Å². The van der Waals surface area contributed by atoms with Gasteiger partial charge in [0.1, 0.15) is 0 Å². The molecule has 0 amide bonds. The van der Waals surface area contributed by atoms with Gasteiger partial charge >= 0.3 is 0 Å². The number of aryl methyl sites for hydroxylation is 1. The lowest BCUT2D eigenvalue weighted by Crippen LogP contribution is -1.97. The second kappa shape index (κ2) is 5.35. The van der Waals surface area contributed by atoms with Crippen LogP contribution in [0.1, 0.15) is 17.5 Å². The number of rotatable bonds is 1. The number of hydrogen-bond donors (Lipinski definition) is 0. The van der Waals surface area contributed by atoms with Gasteiger partial charge < -0.3 is 0 Å². The fraction of sp³-hybridized carbons (Fsp3) is 0.0833. The zero-order valence-electron chi connectivity index (χ0n) is 13.5. The lowest BCUT2D eigenvalue weighted by atomic mass is 9.86. The number of hydrogen-bond acceptors (Lipinski definition) is 0. The third-order valence-corrected chi connectivity index (χ3v) is 5.13. The van der Waals surface area contributed by atoms with E-state index in [4.69, 9.17) is 0 Å². The number of fused-ring (bicyclic) bond motifs is 6. The van der Waals surface area contributed by atoms with Crippen LogP contribution in [0.15, 0.2) is 78.9 Å². The van der Waals surface area contributed by atoms with Gasteiger partial charge in [-0.3, -0.25) is 0 Å². The summed E-state index contributed by atoms with van der Waals surface area (Å²) in [6.45, 7) is 0. The highest BCUT2D eigenvalue weighted by atomic mass is 14.2. The summed E-state index contributed by atoms with van der Waals surface area (Å²) in [4.78, 5) is 0. The van der Waals surface area contributed by atoms with Crippen LogP contribution in [0.5, 0.6) is 0 Å². The highest BCUT2D eigenvalue weighted by Gasteiger charge is 2.14. The van der Waals surface area contributed by atoms with Gasteiger partial charge in [0.05, 0.1) is 0 Å². The van der Waals surface area contributed by atoms with E-state index in [9.17, 15) is 0 Å². The first-order chi connectivity index (χ1) is 11.9. The van der Waals surface area contributed by atoms with E-state index in [2.05, 4.69) is 84.9 Å². The predicted octanol–water partition coefficient (Wildman–Crippen LogP) is 6.62. The predicted molar refractivity (Wildman–Crippen MR) is 104 cm³/mol. The zero-order chi connectivity index (χ0) is 15.9. The fourth-order valence-electron chi connectivity index (χ4n) is 3.99. The molecule has 5 rings (SSSR count). The SMILES string of the molecule is C1=Cc2c(c3ccccc3c3cc(-c4ccccc4)ccc23)CC1. The van der Waals surface area contributed by atoms with Crippen molar-refractivity contribution in [2.24, 2.45) is 0 Å². The summed E-state index contributed by atoms with van der Waals surface area (Å²) in [5.41, 5.74) is 5.48. The Morgan fingerprint density at radius 2 is 1.38 bits per heavy atom. The summed E-state index contributed by atoms with van der Waals surface area (Å²) >= 11 is 0. The van der Waals surface area contributed by atoms with Gasteiger partial charge in [0.15, 0.2) is 0 Å². The highest BCUT2D eigenvalue weighted by Crippen LogP contribution is 2.38.